The largest absolute Gasteiger partial charge is 0.389 e. The third kappa shape index (κ3) is 1.03. The molecule has 0 aromatic rings. The van der Waals surface area contributed by atoms with Crippen LogP contribution < -0.4 is 0 Å². The zero-order chi connectivity index (χ0) is 8.84. The Morgan fingerprint density at radius 2 is 1.69 bits per heavy atom. The fourth-order valence-electron chi connectivity index (χ4n) is 3.71. The molecule has 0 unspecified atom stereocenters. The van der Waals surface area contributed by atoms with E-state index in [1.54, 1.807) is 5.57 Å². The molecule has 0 bridgehead atoms. The van der Waals surface area contributed by atoms with Gasteiger partial charge in [0.25, 0.3) is 0 Å². The normalized spacial score (nSPS) is 43.6. The lowest BCUT2D eigenvalue weighted by atomic mass is 9.57. The smallest absolute Gasteiger partial charge is 0.0755 e. The maximum Gasteiger partial charge on any atom is 0.0755 e. The summed E-state index contributed by atoms with van der Waals surface area (Å²) in [5, 5.41) is 9.88. The molecule has 0 aromatic carbocycles. The SMILES string of the molecule is O[C@H]1CCCC2=C1[C@@H]1CCCC[C@H]21. The molecule has 0 aliphatic heterocycles. The molecule has 3 aliphatic rings. The van der Waals surface area contributed by atoms with Crippen molar-refractivity contribution in [1.29, 1.82) is 0 Å². The molecule has 3 rings (SSSR count). The Kier molecular flexibility index (Phi) is 1.76. The van der Waals surface area contributed by atoms with Crippen LogP contribution in [0.1, 0.15) is 44.9 Å². The monoisotopic (exact) mass is 178 g/mol. The molecular formula is C12H18O. The third-order valence-corrected chi connectivity index (χ3v) is 4.27. The van der Waals surface area contributed by atoms with Crippen LogP contribution >= 0.6 is 0 Å². The maximum atomic E-state index is 9.88. The van der Waals surface area contributed by atoms with Crippen molar-refractivity contribution in [3.63, 3.8) is 0 Å². The van der Waals surface area contributed by atoms with Gasteiger partial charge in [-0.25, -0.2) is 0 Å². The summed E-state index contributed by atoms with van der Waals surface area (Å²) in [6.07, 6.45) is 9.09. The van der Waals surface area contributed by atoms with E-state index in [4.69, 9.17) is 0 Å². The van der Waals surface area contributed by atoms with Gasteiger partial charge in [0.15, 0.2) is 0 Å². The van der Waals surface area contributed by atoms with Crippen molar-refractivity contribution < 1.29 is 5.11 Å². The topological polar surface area (TPSA) is 20.2 Å². The van der Waals surface area contributed by atoms with Crippen LogP contribution in [0.2, 0.25) is 0 Å². The fourth-order valence-corrected chi connectivity index (χ4v) is 3.71. The second-order valence-electron chi connectivity index (χ2n) is 4.89. The number of fused-ring (bicyclic) bond motifs is 3. The number of rotatable bonds is 0. The van der Waals surface area contributed by atoms with Crippen LogP contribution in [-0.2, 0) is 0 Å². The number of aliphatic hydroxyl groups is 1. The van der Waals surface area contributed by atoms with Crippen LogP contribution in [0.3, 0.4) is 0 Å². The van der Waals surface area contributed by atoms with Crippen molar-refractivity contribution in [3.8, 4) is 0 Å². The van der Waals surface area contributed by atoms with Crippen LogP contribution in [0, 0.1) is 11.8 Å². The van der Waals surface area contributed by atoms with Crippen molar-refractivity contribution in [2.75, 3.05) is 0 Å². The first-order valence-electron chi connectivity index (χ1n) is 5.79. The van der Waals surface area contributed by atoms with E-state index in [-0.39, 0.29) is 6.10 Å². The molecule has 1 N–H and O–H groups in total. The Morgan fingerprint density at radius 1 is 0.923 bits per heavy atom. The predicted molar refractivity (Wildman–Crippen MR) is 52.3 cm³/mol. The molecule has 3 aliphatic carbocycles. The van der Waals surface area contributed by atoms with Gasteiger partial charge in [0.1, 0.15) is 0 Å². The molecule has 0 spiro atoms. The van der Waals surface area contributed by atoms with Gasteiger partial charge in [0, 0.05) is 0 Å². The Bertz CT molecular complexity index is 254. The molecule has 0 saturated heterocycles. The molecule has 1 heteroatoms. The van der Waals surface area contributed by atoms with E-state index in [0.29, 0.717) is 0 Å². The van der Waals surface area contributed by atoms with Crippen LogP contribution in [0.25, 0.3) is 0 Å². The van der Waals surface area contributed by atoms with E-state index < -0.39 is 0 Å². The first-order chi connectivity index (χ1) is 6.38. The summed E-state index contributed by atoms with van der Waals surface area (Å²) in [5.74, 6) is 1.71. The molecule has 1 nitrogen and oxygen atoms in total. The summed E-state index contributed by atoms with van der Waals surface area (Å²) < 4.78 is 0. The van der Waals surface area contributed by atoms with Gasteiger partial charge in [0.2, 0.25) is 0 Å². The zero-order valence-corrected chi connectivity index (χ0v) is 8.13. The second-order valence-corrected chi connectivity index (χ2v) is 4.89. The van der Waals surface area contributed by atoms with Crippen LogP contribution in [0.15, 0.2) is 11.1 Å². The second kappa shape index (κ2) is 2.84. The molecule has 3 atom stereocenters. The van der Waals surface area contributed by atoms with E-state index in [0.717, 1.165) is 18.3 Å². The van der Waals surface area contributed by atoms with E-state index in [1.807, 2.05) is 0 Å². The Morgan fingerprint density at radius 3 is 2.54 bits per heavy atom. The molecule has 1 fully saturated rings. The van der Waals surface area contributed by atoms with Crippen LogP contribution in [0.4, 0.5) is 0 Å². The van der Waals surface area contributed by atoms with Crippen LogP contribution in [0.5, 0.6) is 0 Å². The predicted octanol–water partition coefficient (Wildman–Crippen LogP) is 2.65. The zero-order valence-electron chi connectivity index (χ0n) is 8.13. The highest BCUT2D eigenvalue weighted by Crippen LogP contribution is 2.54. The van der Waals surface area contributed by atoms with Crippen LogP contribution in [-0.4, -0.2) is 11.2 Å². The summed E-state index contributed by atoms with van der Waals surface area (Å²) >= 11 is 0. The highest BCUT2D eigenvalue weighted by molar-refractivity contribution is 5.37. The number of hydrogen-bond donors (Lipinski definition) is 1. The van der Waals surface area contributed by atoms with Crippen molar-refractivity contribution in [2.45, 2.75) is 51.0 Å². The minimum atomic E-state index is -0.0527. The highest BCUT2D eigenvalue weighted by Gasteiger charge is 2.44. The average Bonchev–Trinajstić information content (AvgIpc) is 2.14. The molecular weight excluding hydrogens is 160 g/mol. The maximum absolute atomic E-state index is 9.88. The minimum absolute atomic E-state index is 0.0527. The summed E-state index contributed by atoms with van der Waals surface area (Å²) in [6, 6.07) is 0. The summed E-state index contributed by atoms with van der Waals surface area (Å²) in [6.45, 7) is 0. The summed E-state index contributed by atoms with van der Waals surface area (Å²) in [4.78, 5) is 0. The Hall–Kier alpha value is -0.300. The van der Waals surface area contributed by atoms with Gasteiger partial charge >= 0.3 is 0 Å². The van der Waals surface area contributed by atoms with Gasteiger partial charge in [-0.1, -0.05) is 18.4 Å². The number of hydrogen-bond acceptors (Lipinski definition) is 1. The van der Waals surface area contributed by atoms with Gasteiger partial charge in [-0.05, 0) is 49.5 Å². The fraction of sp³-hybridized carbons (Fsp3) is 0.833. The lowest BCUT2D eigenvalue weighted by Crippen LogP contribution is -2.41. The lowest BCUT2D eigenvalue weighted by molar-refractivity contribution is 0.120. The van der Waals surface area contributed by atoms with Crippen molar-refractivity contribution in [1.82, 2.24) is 0 Å². The van der Waals surface area contributed by atoms with Crippen molar-refractivity contribution in [2.24, 2.45) is 11.8 Å². The van der Waals surface area contributed by atoms with Gasteiger partial charge in [0.05, 0.1) is 6.10 Å². The van der Waals surface area contributed by atoms with E-state index in [2.05, 4.69) is 0 Å². The van der Waals surface area contributed by atoms with Crippen molar-refractivity contribution in [3.05, 3.63) is 11.1 Å². The molecule has 72 valence electrons. The third-order valence-electron chi connectivity index (χ3n) is 4.27. The average molecular weight is 178 g/mol. The van der Waals surface area contributed by atoms with Gasteiger partial charge < -0.3 is 5.11 Å². The van der Waals surface area contributed by atoms with E-state index in [9.17, 15) is 5.11 Å². The Labute approximate surface area is 79.8 Å². The Balaban J connectivity index is 1.90. The number of allylic oxidation sites excluding steroid dienone is 1. The molecule has 0 amide bonds. The van der Waals surface area contributed by atoms with Gasteiger partial charge in [-0.2, -0.15) is 0 Å². The van der Waals surface area contributed by atoms with E-state index >= 15 is 0 Å². The number of aliphatic hydroxyl groups excluding tert-OH is 1. The van der Waals surface area contributed by atoms with Gasteiger partial charge in [-0.3, -0.25) is 0 Å². The molecule has 0 aromatic heterocycles. The van der Waals surface area contributed by atoms with Gasteiger partial charge in [-0.15, -0.1) is 0 Å². The summed E-state index contributed by atoms with van der Waals surface area (Å²) in [5.41, 5.74) is 3.15. The first kappa shape index (κ1) is 8.05. The molecule has 13 heavy (non-hydrogen) atoms. The quantitative estimate of drug-likeness (QED) is 0.565. The standard InChI is InChI=1S/C12H18O/c13-11-7-3-6-10-8-4-1-2-5-9(8)12(10)11/h8-9,11,13H,1-7H2/t8-,9+,11-/m0/s1. The highest BCUT2D eigenvalue weighted by atomic mass is 16.3. The molecule has 0 radical (unpaired) electrons. The lowest BCUT2D eigenvalue weighted by Gasteiger charge is -2.49. The first-order valence-corrected chi connectivity index (χ1v) is 5.79. The van der Waals surface area contributed by atoms with Crippen molar-refractivity contribution >= 4 is 0 Å². The minimum Gasteiger partial charge on any atom is -0.389 e. The molecule has 1 saturated carbocycles. The molecule has 0 heterocycles. The summed E-state index contributed by atoms with van der Waals surface area (Å²) in [7, 11) is 0. The van der Waals surface area contributed by atoms with E-state index in [1.165, 1.54) is 44.1 Å².